The molecule has 2 amide bonds. The lowest BCUT2D eigenvalue weighted by Crippen LogP contribution is -2.30. The van der Waals surface area contributed by atoms with Crippen LogP contribution < -0.4 is 10.6 Å². The molecule has 0 aromatic heterocycles. The number of ether oxygens (including phenoxy) is 1. The molecule has 0 aliphatic carbocycles. The van der Waals surface area contributed by atoms with Crippen molar-refractivity contribution in [2.24, 2.45) is 0 Å². The largest absolute Gasteiger partial charge is 0.381 e. The molecule has 1 rings (SSSR count). The van der Waals surface area contributed by atoms with Crippen LogP contribution in [0.1, 0.15) is 19.8 Å². The third-order valence-electron chi connectivity index (χ3n) is 2.13. The summed E-state index contributed by atoms with van der Waals surface area (Å²) in [6.07, 6.45) is 1.87. The third-order valence-corrected chi connectivity index (χ3v) is 2.13. The van der Waals surface area contributed by atoms with Crippen LogP contribution in [0.3, 0.4) is 0 Å². The molecule has 2 N–H and O–H groups in total. The summed E-state index contributed by atoms with van der Waals surface area (Å²) in [4.78, 5) is 11.4. The Morgan fingerprint density at radius 1 is 1.24 bits per heavy atom. The number of anilines is 1. The van der Waals surface area contributed by atoms with Crippen molar-refractivity contribution < 1.29 is 9.53 Å². The summed E-state index contributed by atoms with van der Waals surface area (Å²) < 4.78 is 5.31. The maximum Gasteiger partial charge on any atom is 0.319 e. The molecule has 1 aromatic rings. The van der Waals surface area contributed by atoms with Gasteiger partial charge < -0.3 is 15.4 Å². The maximum atomic E-state index is 11.4. The Hall–Kier alpha value is -1.55. The average Bonchev–Trinajstić information content (AvgIpc) is 2.35. The van der Waals surface area contributed by atoms with Crippen LogP contribution in [-0.2, 0) is 4.74 Å². The summed E-state index contributed by atoms with van der Waals surface area (Å²) in [5.74, 6) is 0. The number of nitrogens with one attached hydrogen (secondary N) is 2. The Morgan fingerprint density at radius 2 is 2.00 bits per heavy atom. The summed E-state index contributed by atoms with van der Waals surface area (Å²) in [5.41, 5.74) is 0.798. The van der Waals surface area contributed by atoms with Crippen molar-refractivity contribution in [3.05, 3.63) is 30.3 Å². The van der Waals surface area contributed by atoms with E-state index in [4.69, 9.17) is 4.74 Å². The van der Waals surface area contributed by atoms with Crippen LogP contribution in [0.5, 0.6) is 0 Å². The van der Waals surface area contributed by atoms with E-state index in [1.165, 1.54) is 0 Å². The minimum atomic E-state index is -0.174. The number of benzene rings is 1. The molecule has 0 radical (unpaired) electrons. The maximum absolute atomic E-state index is 11.4. The molecule has 0 bridgehead atoms. The topological polar surface area (TPSA) is 50.4 Å². The van der Waals surface area contributed by atoms with E-state index in [2.05, 4.69) is 17.6 Å². The first-order valence-corrected chi connectivity index (χ1v) is 6.00. The zero-order chi connectivity index (χ0) is 12.3. The monoisotopic (exact) mass is 236 g/mol. The fourth-order valence-electron chi connectivity index (χ4n) is 1.32. The lowest BCUT2D eigenvalue weighted by Gasteiger charge is -2.07. The summed E-state index contributed by atoms with van der Waals surface area (Å²) in [6.45, 7) is 4.18. The van der Waals surface area contributed by atoms with Crippen LogP contribution in [0.25, 0.3) is 0 Å². The van der Waals surface area contributed by atoms with Crippen LogP contribution in [0.4, 0.5) is 10.5 Å². The molecule has 0 saturated carbocycles. The van der Waals surface area contributed by atoms with Gasteiger partial charge in [0.05, 0.1) is 0 Å². The standard InChI is InChI=1S/C13H20N2O2/c1-2-10-17-11-6-9-14-13(16)15-12-7-4-3-5-8-12/h3-5,7-8H,2,6,9-11H2,1H3,(H2,14,15,16). The SMILES string of the molecule is CCCOCCCNC(=O)Nc1ccccc1. The van der Waals surface area contributed by atoms with E-state index in [0.717, 1.165) is 25.1 Å². The Kier molecular flexibility index (Phi) is 6.82. The van der Waals surface area contributed by atoms with Gasteiger partial charge in [0, 0.05) is 25.4 Å². The molecule has 94 valence electrons. The summed E-state index contributed by atoms with van der Waals surface area (Å²) in [5, 5.41) is 5.53. The molecular weight excluding hydrogens is 216 g/mol. The van der Waals surface area contributed by atoms with E-state index >= 15 is 0 Å². The summed E-state index contributed by atoms with van der Waals surface area (Å²) >= 11 is 0. The van der Waals surface area contributed by atoms with Crippen LogP contribution in [0.15, 0.2) is 30.3 Å². The number of hydrogen-bond acceptors (Lipinski definition) is 2. The van der Waals surface area contributed by atoms with Gasteiger partial charge in [-0.2, -0.15) is 0 Å². The molecule has 4 heteroatoms. The van der Waals surface area contributed by atoms with Crippen molar-refractivity contribution >= 4 is 11.7 Å². The molecular formula is C13H20N2O2. The highest BCUT2D eigenvalue weighted by atomic mass is 16.5. The number of carbonyl (C=O) groups is 1. The van der Waals surface area contributed by atoms with Gasteiger partial charge in [-0.3, -0.25) is 0 Å². The molecule has 0 spiro atoms. The third kappa shape index (κ3) is 6.58. The van der Waals surface area contributed by atoms with Gasteiger partial charge in [-0.15, -0.1) is 0 Å². The second-order valence-electron chi connectivity index (χ2n) is 3.71. The molecule has 0 saturated heterocycles. The van der Waals surface area contributed by atoms with E-state index < -0.39 is 0 Å². The quantitative estimate of drug-likeness (QED) is 0.715. The number of carbonyl (C=O) groups excluding carboxylic acids is 1. The van der Waals surface area contributed by atoms with Crippen LogP contribution in [-0.4, -0.2) is 25.8 Å². The Labute approximate surface area is 102 Å². The van der Waals surface area contributed by atoms with Gasteiger partial charge in [0.25, 0.3) is 0 Å². The first kappa shape index (κ1) is 13.5. The summed E-state index contributed by atoms with van der Waals surface area (Å²) in [6, 6.07) is 9.21. The van der Waals surface area contributed by atoms with Crippen LogP contribution in [0, 0.1) is 0 Å². The van der Waals surface area contributed by atoms with Crippen molar-refractivity contribution in [1.29, 1.82) is 0 Å². The van der Waals surface area contributed by atoms with E-state index in [-0.39, 0.29) is 6.03 Å². The van der Waals surface area contributed by atoms with Crippen molar-refractivity contribution in [2.45, 2.75) is 19.8 Å². The minimum Gasteiger partial charge on any atom is -0.381 e. The van der Waals surface area contributed by atoms with E-state index in [1.807, 2.05) is 30.3 Å². The van der Waals surface area contributed by atoms with Gasteiger partial charge in [0.2, 0.25) is 0 Å². The molecule has 0 aliphatic heterocycles. The van der Waals surface area contributed by atoms with Crippen molar-refractivity contribution in [3.63, 3.8) is 0 Å². The number of rotatable bonds is 7. The highest BCUT2D eigenvalue weighted by molar-refractivity contribution is 5.89. The smallest absolute Gasteiger partial charge is 0.319 e. The average molecular weight is 236 g/mol. The van der Waals surface area contributed by atoms with E-state index in [9.17, 15) is 4.79 Å². The van der Waals surface area contributed by atoms with Crippen LogP contribution in [0.2, 0.25) is 0 Å². The highest BCUT2D eigenvalue weighted by Crippen LogP contribution is 2.03. The van der Waals surface area contributed by atoms with Crippen molar-refractivity contribution in [2.75, 3.05) is 25.1 Å². The zero-order valence-electron chi connectivity index (χ0n) is 10.2. The van der Waals surface area contributed by atoms with Gasteiger partial charge in [-0.05, 0) is 25.0 Å². The zero-order valence-corrected chi connectivity index (χ0v) is 10.2. The summed E-state index contributed by atoms with van der Waals surface area (Å²) in [7, 11) is 0. The molecule has 0 heterocycles. The second kappa shape index (κ2) is 8.58. The predicted molar refractivity (Wildman–Crippen MR) is 69.2 cm³/mol. The van der Waals surface area contributed by atoms with Crippen molar-refractivity contribution in [1.82, 2.24) is 5.32 Å². The lowest BCUT2D eigenvalue weighted by molar-refractivity contribution is 0.132. The van der Waals surface area contributed by atoms with E-state index in [0.29, 0.717) is 13.2 Å². The fourth-order valence-corrected chi connectivity index (χ4v) is 1.32. The normalized spacial score (nSPS) is 9.94. The predicted octanol–water partition coefficient (Wildman–Crippen LogP) is 2.62. The molecule has 0 atom stereocenters. The molecule has 0 unspecified atom stereocenters. The Balaban J connectivity index is 2.06. The van der Waals surface area contributed by atoms with Gasteiger partial charge in [-0.25, -0.2) is 4.79 Å². The minimum absolute atomic E-state index is 0.174. The Bertz CT molecular complexity index is 314. The molecule has 1 aromatic carbocycles. The van der Waals surface area contributed by atoms with Crippen LogP contribution >= 0.6 is 0 Å². The van der Waals surface area contributed by atoms with Gasteiger partial charge in [-0.1, -0.05) is 25.1 Å². The number of urea groups is 1. The first-order chi connectivity index (χ1) is 8.33. The first-order valence-electron chi connectivity index (χ1n) is 6.00. The van der Waals surface area contributed by atoms with E-state index in [1.54, 1.807) is 0 Å². The van der Waals surface area contributed by atoms with Gasteiger partial charge in [0.1, 0.15) is 0 Å². The number of hydrogen-bond donors (Lipinski definition) is 2. The number of amides is 2. The van der Waals surface area contributed by atoms with Gasteiger partial charge in [0.15, 0.2) is 0 Å². The molecule has 0 fully saturated rings. The number of para-hydroxylation sites is 1. The second-order valence-corrected chi connectivity index (χ2v) is 3.71. The lowest BCUT2D eigenvalue weighted by atomic mass is 10.3. The van der Waals surface area contributed by atoms with Crippen molar-refractivity contribution in [3.8, 4) is 0 Å². The molecule has 4 nitrogen and oxygen atoms in total. The fraction of sp³-hybridized carbons (Fsp3) is 0.462. The molecule has 0 aliphatic rings. The highest BCUT2D eigenvalue weighted by Gasteiger charge is 1.99. The molecule has 17 heavy (non-hydrogen) atoms. The van der Waals surface area contributed by atoms with Gasteiger partial charge >= 0.3 is 6.03 Å². The Morgan fingerprint density at radius 3 is 2.71 bits per heavy atom.